The summed E-state index contributed by atoms with van der Waals surface area (Å²) in [6, 6.07) is 2.00. The van der Waals surface area contributed by atoms with Crippen molar-refractivity contribution in [3.05, 3.63) is 0 Å². The van der Waals surface area contributed by atoms with Gasteiger partial charge in [-0.25, -0.2) is 0 Å². The molecule has 0 aromatic rings. The van der Waals surface area contributed by atoms with Crippen molar-refractivity contribution in [1.82, 2.24) is 0 Å². The minimum Gasteiger partial charge on any atom is -0.391 e. The largest absolute Gasteiger partial charge is 0.391 e. The summed E-state index contributed by atoms with van der Waals surface area (Å²) in [5.41, 5.74) is -0.105. The van der Waals surface area contributed by atoms with Crippen LogP contribution in [0.3, 0.4) is 0 Å². The molecule has 0 fully saturated rings. The summed E-state index contributed by atoms with van der Waals surface area (Å²) in [5, 5.41) is 18.0. The topological polar surface area (TPSA) is 44.0 Å². The van der Waals surface area contributed by atoms with Gasteiger partial charge in [0.25, 0.3) is 0 Å². The van der Waals surface area contributed by atoms with Gasteiger partial charge in [-0.15, -0.1) is 0 Å². The highest BCUT2D eigenvalue weighted by atomic mass is 16.3. The lowest BCUT2D eigenvalue weighted by Gasteiger charge is -2.28. The number of nitriles is 1. The second-order valence-electron chi connectivity index (χ2n) is 3.97. The van der Waals surface area contributed by atoms with Crippen molar-refractivity contribution < 1.29 is 5.11 Å². The molecule has 0 aliphatic heterocycles. The Hall–Kier alpha value is -0.550. The van der Waals surface area contributed by atoms with Gasteiger partial charge in [-0.3, -0.25) is 0 Å². The van der Waals surface area contributed by atoms with Gasteiger partial charge >= 0.3 is 0 Å². The van der Waals surface area contributed by atoms with E-state index in [9.17, 15) is 5.11 Å². The maximum absolute atomic E-state index is 9.58. The highest BCUT2D eigenvalue weighted by Gasteiger charge is 2.26. The van der Waals surface area contributed by atoms with E-state index in [0.717, 1.165) is 19.3 Å². The van der Waals surface area contributed by atoms with Crippen LogP contribution < -0.4 is 0 Å². The van der Waals surface area contributed by atoms with Gasteiger partial charge < -0.3 is 5.11 Å². The zero-order chi connectivity index (χ0) is 9.61. The number of unbranched alkanes of at least 4 members (excludes halogenated alkanes) is 1. The SMILES string of the molecule is CCCCC(C)(C)C(O)CC#N. The summed E-state index contributed by atoms with van der Waals surface area (Å²) in [5.74, 6) is 0. The van der Waals surface area contributed by atoms with E-state index in [4.69, 9.17) is 5.26 Å². The number of hydrogen-bond acceptors (Lipinski definition) is 2. The number of rotatable bonds is 5. The number of aliphatic hydroxyl groups excluding tert-OH is 1. The highest BCUT2D eigenvalue weighted by molar-refractivity contribution is 4.85. The zero-order valence-electron chi connectivity index (χ0n) is 8.30. The number of hydrogen-bond donors (Lipinski definition) is 1. The van der Waals surface area contributed by atoms with Crippen LogP contribution in [0.25, 0.3) is 0 Å². The van der Waals surface area contributed by atoms with Crippen LogP contribution >= 0.6 is 0 Å². The molecule has 0 bridgehead atoms. The van der Waals surface area contributed by atoms with Crippen LogP contribution in [0, 0.1) is 16.7 Å². The zero-order valence-corrected chi connectivity index (χ0v) is 8.30. The van der Waals surface area contributed by atoms with Crippen LogP contribution in [0.4, 0.5) is 0 Å². The monoisotopic (exact) mass is 169 g/mol. The van der Waals surface area contributed by atoms with E-state index in [-0.39, 0.29) is 11.8 Å². The van der Waals surface area contributed by atoms with Gasteiger partial charge in [0, 0.05) is 0 Å². The summed E-state index contributed by atoms with van der Waals surface area (Å²) in [4.78, 5) is 0. The van der Waals surface area contributed by atoms with Gasteiger partial charge in [0.05, 0.1) is 18.6 Å². The van der Waals surface area contributed by atoms with Gasteiger partial charge in [-0.2, -0.15) is 5.26 Å². The first-order valence-corrected chi connectivity index (χ1v) is 4.59. The molecule has 0 saturated carbocycles. The Morgan fingerprint density at radius 2 is 2.08 bits per heavy atom. The molecule has 0 heterocycles. The molecule has 0 saturated heterocycles. The molecule has 12 heavy (non-hydrogen) atoms. The molecule has 0 amide bonds. The Balaban J connectivity index is 3.92. The minimum atomic E-state index is -0.478. The van der Waals surface area contributed by atoms with E-state index in [0.29, 0.717) is 0 Å². The van der Waals surface area contributed by atoms with Crippen molar-refractivity contribution in [1.29, 1.82) is 5.26 Å². The number of nitrogens with zero attached hydrogens (tertiary/aromatic N) is 1. The first-order valence-electron chi connectivity index (χ1n) is 4.59. The Kier molecular flexibility index (Phi) is 4.92. The van der Waals surface area contributed by atoms with E-state index < -0.39 is 6.10 Å². The van der Waals surface area contributed by atoms with E-state index in [1.165, 1.54) is 0 Å². The van der Waals surface area contributed by atoms with Crippen LogP contribution in [0.1, 0.15) is 46.5 Å². The third-order valence-corrected chi connectivity index (χ3v) is 2.36. The molecule has 1 N–H and O–H groups in total. The molecule has 0 aliphatic rings. The van der Waals surface area contributed by atoms with Gasteiger partial charge in [-0.1, -0.05) is 33.6 Å². The summed E-state index contributed by atoms with van der Waals surface area (Å²) in [7, 11) is 0. The van der Waals surface area contributed by atoms with Gasteiger partial charge in [0.15, 0.2) is 0 Å². The molecule has 1 atom stereocenters. The minimum absolute atomic E-state index is 0.105. The van der Waals surface area contributed by atoms with Gasteiger partial charge in [0.2, 0.25) is 0 Å². The standard InChI is InChI=1S/C10H19NO/c1-4-5-7-10(2,3)9(12)6-8-11/h9,12H,4-7H2,1-3H3. The lowest BCUT2D eigenvalue weighted by atomic mass is 9.80. The van der Waals surface area contributed by atoms with Crippen LogP contribution in [0.5, 0.6) is 0 Å². The molecule has 2 heteroatoms. The van der Waals surface area contributed by atoms with Crippen LogP contribution in [-0.4, -0.2) is 11.2 Å². The van der Waals surface area contributed by atoms with Crippen LogP contribution in [0.2, 0.25) is 0 Å². The Bertz CT molecular complexity index is 158. The van der Waals surface area contributed by atoms with Crippen molar-refractivity contribution in [2.45, 2.75) is 52.6 Å². The van der Waals surface area contributed by atoms with E-state index in [2.05, 4.69) is 6.92 Å². The quantitative estimate of drug-likeness (QED) is 0.687. The first kappa shape index (κ1) is 11.4. The second kappa shape index (κ2) is 5.16. The van der Waals surface area contributed by atoms with Crippen molar-refractivity contribution in [2.24, 2.45) is 5.41 Å². The maximum atomic E-state index is 9.58. The molecular weight excluding hydrogens is 150 g/mol. The van der Waals surface area contributed by atoms with Gasteiger partial charge in [0.1, 0.15) is 0 Å². The lowest BCUT2D eigenvalue weighted by Crippen LogP contribution is -2.28. The van der Waals surface area contributed by atoms with E-state index in [1.54, 1.807) is 0 Å². The summed E-state index contributed by atoms with van der Waals surface area (Å²) < 4.78 is 0. The van der Waals surface area contributed by atoms with Crippen molar-refractivity contribution in [3.63, 3.8) is 0 Å². The molecule has 0 radical (unpaired) electrons. The maximum Gasteiger partial charge on any atom is 0.0720 e. The molecule has 0 aromatic heterocycles. The third-order valence-electron chi connectivity index (χ3n) is 2.36. The molecule has 0 aliphatic carbocycles. The Labute approximate surface area is 75.2 Å². The Morgan fingerprint density at radius 3 is 2.50 bits per heavy atom. The van der Waals surface area contributed by atoms with Crippen molar-refractivity contribution >= 4 is 0 Å². The average molecular weight is 169 g/mol. The van der Waals surface area contributed by atoms with Crippen LogP contribution in [-0.2, 0) is 0 Å². The second-order valence-corrected chi connectivity index (χ2v) is 3.97. The molecular formula is C10H19NO. The third kappa shape index (κ3) is 3.73. The fraction of sp³-hybridized carbons (Fsp3) is 0.900. The molecule has 1 unspecified atom stereocenters. The molecule has 0 aromatic carbocycles. The Morgan fingerprint density at radius 1 is 1.50 bits per heavy atom. The predicted molar refractivity (Wildman–Crippen MR) is 49.5 cm³/mol. The molecule has 0 rings (SSSR count). The lowest BCUT2D eigenvalue weighted by molar-refractivity contribution is 0.0464. The van der Waals surface area contributed by atoms with E-state index >= 15 is 0 Å². The summed E-state index contributed by atoms with van der Waals surface area (Å²) in [6.45, 7) is 6.17. The van der Waals surface area contributed by atoms with Crippen molar-refractivity contribution in [3.8, 4) is 6.07 Å². The predicted octanol–water partition coefficient (Wildman–Crippen LogP) is 2.48. The number of aliphatic hydroxyl groups is 1. The van der Waals surface area contributed by atoms with Crippen LogP contribution in [0.15, 0.2) is 0 Å². The first-order chi connectivity index (χ1) is 5.54. The highest BCUT2D eigenvalue weighted by Crippen LogP contribution is 2.28. The smallest absolute Gasteiger partial charge is 0.0720 e. The molecule has 70 valence electrons. The summed E-state index contributed by atoms with van der Waals surface area (Å²) >= 11 is 0. The fourth-order valence-electron chi connectivity index (χ4n) is 1.16. The fourth-order valence-corrected chi connectivity index (χ4v) is 1.16. The summed E-state index contributed by atoms with van der Waals surface area (Å²) in [6.07, 6.45) is 3.02. The molecule has 0 spiro atoms. The van der Waals surface area contributed by atoms with Crippen molar-refractivity contribution in [2.75, 3.05) is 0 Å². The molecule has 2 nitrogen and oxygen atoms in total. The average Bonchev–Trinajstić information content (AvgIpc) is 2.01. The van der Waals surface area contributed by atoms with E-state index in [1.807, 2.05) is 19.9 Å². The normalized spacial score (nSPS) is 13.9. The van der Waals surface area contributed by atoms with Gasteiger partial charge in [-0.05, 0) is 11.8 Å².